The van der Waals surface area contributed by atoms with E-state index in [4.69, 9.17) is 29.0 Å². The van der Waals surface area contributed by atoms with E-state index in [1.54, 1.807) is 34.8 Å². The third kappa shape index (κ3) is 8.07. The van der Waals surface area contributed by atoms with Gasteiger partial charge in [0.15, 0.2) is 28.6 Å². The first-order valence-corrected chi connectivity index (χ1v) is 23.6. The zero-order valence-corrected chi connectivity index (χ0v) is 39.6. The fraction of sp³-hybridized carbons (Fsp3) is 0.510. The van der Waals surface area contributed by atoms with Gasteiger partial charge in [-0.2, -0.15) is 5.10 Å². The molecule has 2 amide bonds. The van der Waals surface area contributed by atoms with Crippen molar-refractivity contribution in [3.05, 3.63) is 94.4 Å². The van der Waals surface area contributed by atoms with Crippen LogP contribution in [0.25, 0.3) is 11.0 Å². The van der Waals surface area contributed by atoms with Gasteiger partial charge in [0.1, 0.15) is 12.1 Å². The van der Waals surface area contributed by atoms with Crippen molar-refractivity contribution in [2.24, 2.45) is 11.8 Å². The van der Waals surface area contributed by atoms with Crippen LogP contribution in [0, 0.1) is 18.8 Å². The highest BCUT2D eigenvalue weighted by molar-refractivity contribution is 5.87. The van der Waals surface area contributed by atoms with E-state index in [2.05, 4.69) is 92.3 Å². The van der Waals surface area contributed by atoms with Gasteiger partial charge in [0.05, 0.1) is 52.1 Å². The van der Waals surface area contributed by atoms with Crippen molar-refractivity contribution < 1.29 is 28.5 Å². The van der Waals surface area contributed by atoms with Crippen molar-refractivity contribution in [3.63, 3.8) is 0 Å². The maximum absolute atomic E-state index is 15.2. The Morgan fingerprint density at radius 2 is 1.56 bits per heavy atom. The maximum atomic E-state index is 15.2. The number of fused-ring (bicyclic) bond motifs is 4. The number of carbonyl (C=O) groups excluding carboxylic acids is 2. The van der Waals surface area contributed by atoms with Gasteiger partial charge in [-0.3, -0.25) is 14.5 Å². The molecule has 15 heteroatoms. The highest BCUT2D eigenvalue weighted by Gasteiger charge is 2.58. The monoisotopic (exact) mass is 900 g/mol. The molecule has 3 aromatic carbocycles. The molecule has 1 saturated carbocycles. The molecule has 0 unspecified atom stereocenters. The molecular formula is C51H65N9O6. The first-order chi connectivity index (χ1) is 32.1. The summed E-state index contributed by atoms with van der Waals surface area (Å²) in [6, 6.07) is 16.8. The van der Waals surface area contributed by atoms with Crippen LogP contribution >= 0.6 is 0 Å². The Bertz CT molecular complexity index is 2570. The molecule has 0 radical (unpaired) electrons. The summed E-state index contributed by atoms with van der Waals surface area (Å²) in [5, 5.41) is 8.86. The third-order valence-electron chi connectivity index (χ3n) is 15.0. The second-order valence-electron chi connectivity index (χ2n) is 18.3. The molecule has 2 aromatic heterocycles. The molecule has 15 nitrogen and oxygen atoms in total. The van der Waals surface area contributed by atoms with Gasteiger partial charge >= 0.3 is 0 Å². The number of likely N-dealkylation sites (N-methyl/N-ethyl adjacent to an activating group) is 1. The van der Waals surface area contributed by atoms with E-state index in [0.29, 0.717) is 101 Å². The Hall–Kier alpha value is -5.93. The van der Waals surface area contributed by atoms with Crippen LogP contribution in [0.1, 0.15) is 72.0 Å². The van der Waals surface area contributed by atoms with E-state index in [1.807, 2.05) is 17.9 Å². The number of nitrogens with one attached hydrogen (secondary N) is 1. The Balaban J connectivity index is 1.07. The van der Waals surface area contributed by atoms with Crippen LogP contribution < -0.4 is 29.2 Å². The average Bonchev–Trinajstić information content (AvgIpc) is 3.76. The largest absolute Gasteiger partial charge is 0.493 e. The van der Waals surface area contributed by atoms with E-state index in [-0.39, 0.29) is 29.7 Å². The number of ether oxygens (including phenoxy) is 4. The molecule has 1 saturated heterocycles. The number of methoxy groups -OCH3 is 4. The lowest BCUT2D eigenvalue weighted by Gasteiger charge is -2.59. The Morgan fingerprint density at radius 3 is 2.27 bits per heavy atom. The van der Waals surface area contributed by atoms with Gasteiger partial charge in [-0.25, -0.2) is 14.6 Å². The molecule has 9 rings (SSSR count). The highest BCUT2D eigenvalue weighted by atomic mass is 16.5. The molecule has 5 heterocycles. The van der Waals surface area contributed by atoms with Crippen molar-refractivity contribution in [2.75, 3.05) is 92.7 Å². The minimum absolute atomic E-state index is 0.113. The molecule has 350 valence electrons. The number of hydrogen-bond donors (Lipinski definition) is 1. The van der Waals surface area contributed by atoms with Crippen LogP contribution in [0.15, 0.2) is 61.1 Å². The Morgan fingerprint density at radius 1 is 0.848 bits per heavy atom. The number of anilines is 1. The lowest BCUT2D eigenvalue weighted by molar-refractivity contribution is -0.153. The molecule has 1 spiro atoms. The number of carbonyl (C=O) groups is 2. The van der Waals surface area contributed by atoms with Crippen LogP contribution in [0.4, 0.5) is 5.82 Å². The van der Waals surface area contributed by atoms with Gasteiger partial charge in [0.25, 0.3) is 0 Å². The number of aryl methyl sites for hydroxylation is 1. The van der Waals surface area contributed by atoms with Crippen molar-refractivity contribution >= 4 is 28.7 Å². The average molecular weight is 900 g/mol. The highest BCUT2D eigenvalue weighted by Crippen LogP contribution is 2.59. The number of aromatic nitrogens is 4. The number of rotatable bonds is 13. The molecule has 1 N–H and O–H groups in total. The number of amides is 2. The van der Waals surface area contributed by atoms with Gasteiger partial charge in [-0.1, -0.05) is 36.8 Å². The second kappa shape index (κ2) is 19.1. The Kier molecular flexibility index (Phi) is 13.1. The van der Waals surface area contributed by atoms with E-state index in [0.717, 1.165) is 47.5 Å². The van der Waals surface area contributed by atoms with E-state index < -0.39 is 5.54 Å². The quantitative estimate of drug-likeness (QED) is 0.153. The number of piperazine rings is 1. The summed E-state index contributed by atoms with van der Waals surface area (Å²) >= 11 is 0. The fourth-order valence-electron chi connectivity index (χ4n) is 11.8. The summed E-state index contributed by atoms with van der Waals surface area (Å²) in [4.78, 5) is 48.5. The topological polar surface area (TPSA) is 140 Å². The van der Waals surface area contributed by atoms with Crippen LogP contribution in [-0.2, 0) is 34.5 Å². The van der Waals surface area contributed by atoms with E-state index in [9.17, 15) is 4.79 Å². The van der Waals surface area contributed by atoms with Crippen molar-refractivity contribution in [1.82, 2.24) is 39.8 Å². The van der Waals surface area contributed by atoms with Gasteiger partial charge in [-0.15, -0.1) is 0 Å². The van der Waals surface area contributed by atoms with Gasteiger partial charge < -0.3 is 39.0 Å². The van der Waals surface area contributed by atoms with E-state index >= 15 is 4.79 Å². The van der Waals surface area contributed by atoms with Gasteiger partial charge in [-0.05, 0) is 105 Å². The maximum Gasteiger partial charge on any atom is 0.225 e. The normalized spacial score (nSPS) is 22.0. The Labute approximate surface area is 388 Å². The standard InChI is InChI=1S/C51H65N9O6/c1-8-56-18-14-35-26-42(63-4)44(65-6)28-38(35)47(56)41-25-37(12-16-51(41)40-29-45(66-7)43(64-5)27-36(40)15-19-59(51)46(61)13-17-52-3)50(62)58-22-20-57(21-23-58)48-39-30-55-60(49(39)54-32-53-48)31-34-11-9-10-33(2)24-34/h9-11,24,26-30,32,37,41,47,52H,8,12-23,25,31H2,1-7H3/t37-,41-,47-,51-/m0/s1. The molecule has 4 aliphatic rings. The zero-order chi connectivity index (χ0) is 46.1. The minimum atomic E-state index is -0.741. The number of hydrogen-bond acceptors (Lipinski definition) is 12. The van der Waals surface area contributed by atoms with Crippen molar-refractivity contribution in [1.29, 1.82) is 0 Å². The number of nitrogens with zero attached hydrogens (tertiary/aromatic N) is 8. The molecule has 1 aliphatic carbocycles. The van der Waals surface area contributed by atoms with Crippen molar-refractivity contribution in [3.8, 4) is 23.0 Å². The smallest absolute Gasteiger partial charge is 0.225 e. The molecule has 2 fully saturated rings. The zero-order valence-electron chi connectivity index (χ0n) is 39.6. The van der Waals surface area contributed by atoms with Crippen LogP contribution in [0.2, 0.25) is 0 Å². The molecule has 5 aromatic rings. The second-order valence-corrected chi connectivity index (χ2v) is 18.3. The summed E-state index contributed by atoms with van der Waals surface area (Å²) in [5.74, 6) is 3.40. The van der Waals surface area contributed by atoms with Crippen molar-refractivity contribution in [2.45, 2.75) is 70.5 Å². The van der Waals surface area contributed by atoms with Gasteiger partial charge in [0, 0.05) is 70.1 Å². The molecule has 3 aliphatic heterocycles. The predicted octanol–water partition coefficient (Wildman–Crippen LogP) is 5.79. The first kappa shape index (κ1) is 45.2. The van der Waals surface area contributed by atoms with Gasteiger partial charge in [0.2, 0.25) is 11.8 Å². The van der Waals surface area contributed by atoms with Crippen LogP contribution in [0.5, 0.6) is 23.0 Å². The fourth-order valence-corrected chi connectivity index (χ4v) is 11.8. The number of benzene rings is 3. The van der Waals surface area contributed by atoms with E-state index in [1.165, 1.54) is 22.3 Å². The molecule has 66 heavy (non-hydrogen) atoms. The predicted molar refractivity (Wildman–Crippen MR) is 254 cm³/mol. The lowest BCUT2D eigenvalue weighted by Crippen LogP contribution is -2.63. The summed E-state index contributed by atoms with van der Waals surface area (Å²) in [7, 11) is 8.60. The summed E-state index contributed by atoms with van der Waals surface area (Å²) < 4.78 is 25.6. The molecule has 0 bridgehead atoms. The molecular weight excluding hydrogens is 835 g/mol. The van der Waals surface area contributed by atoms with Crippen LogP contribution in [-0.4, -0.2) is 134 Å². The SMILES string of the molecule is CCN1CCc2cc(OC)c(OC)cc2[C@H]1[C@@H]1C[C@@H](C(=O)N2CCN(c3ncnc4c3cnn4Cc3cccc(C)c3)CC2)CC[C@]12c1cc(OC)c(OC)cc1CCN2C(=O)CCNC. The minimum Gasteiger partial charge on any atom is -0.493 e. The summed E-state index contributed by atoms with van der Waals surface area (Å²) in [5.41, 5.74) is 7.05. The lowest BCUT2D eigenvalue weighted by atomic mass is 9.58. The van der Waals surface area contributed by atoms with Crippen LogP contribution in [0.3, 0.4) is 0 Å². The third-order valence-corrected chi connectivity index (χ3v) is 15.0. The summed E-state index contributed by atoms with van der Waals surface area (Å²) in [6.45, 7) is 10.2. The molecule has 4 atom stereocenters. The first-order valence-electron chi connectivity index (χ1n) is 23.6. The summed E-state index contributed by atoms with van der Waals surface area (Å²) in [6.07, 6.45) is 7.28.